The number of alkyl halides is 3. The molecule has 0 saturated carbocycles. The van der Waals surface area contributed by atoms with Gasteiger partial charge in [0.15, 0.2) is 0 Å². The summed E-state index contributed by atoms with van der Waals surface area (Å²) >= 11 is 0. The Bertz CT molecular complexity index is 607. The number of benzene rings is 1. The molecule has 7 heteroatoms. The number of halogens is 3. The highest BCUT2D eigenvalue weighted by atomic mass is 19.4. The zero-order valence-corrected chi connectivity index (χ0v) is 14.0. The van der Waals surface area contributed by atoms with Gasteiger partial charge in [-0.2, -0.15) is 13.2 Å². The topological polar surface area (TPSA) is 50.4 Å². The Hall–Kier alpha value is -1.60. The van der Waals surface area contributed by atoms with E-state index in [0.29, 0.717) is 38.2 Å². The molecule has 1 amide bonds. The Morgan fingerprint density at radius 1 is 1.32 bits per heavy atom. The Morgan fingerprint density at radius 2 is 2.08 bits per heavy atom. The van der Waals surface area contributed by atoms with Crippen molar-refractivity contribution in [3.05, 3.63) is 35.4 Å². The summed E-state index contributed by atoms with van der Waals surface area (Å²) in [4.78, 5) is 12.3. The van der Waals surface area contributed by atoms with Gasteiger partial charge in [-0.1, -0.05) is 18.2 Å². The standard InChI is InChI=1S/C18H23F3N2O2/c19-18(20,21)14-4-1-3-13(11-14)17(6-9-25-10-7-17)12-23-16(24)15-5-2-8-22-15/h1,3-4,11,15,22H,2,5-10,12H2,(H,23,24). The fraction of sp³-hybridized carbons (Fsp3) is 0.611. The van der Waals surface area contributed by atoms with Crippen LogP contribution in [0.1, 0.15) is 36.8 Å². The fourth-order valence-corrected chi connectivity index (χ4v) is 3.64. The molecule has 3 rings (SSSR count). The number of carbonyl (C=O) groups excluding carboxylic acids is 1. The zero-order chi connectivity index (χ0) is 17.9. The maximum atomic E-state index is 13.1. The average Bonchev–Trinajstić information content (AvgIpc) is 3.15. The molecule has 1 aromatic rings. The van der Waals surface area contributed by atoms with Crippen molar-refractivity contribution < 1.29 is 22.7 Å². The predicted molar refractivity (Wildman–Crippen MR) is 87.2 cm³/mol. The summed E-state index contributed by atoms with van der Waals surface area (Å²) in [5.74, 6) is -0.0738. The van der Waals surface area contributed by atoms with Gasteiger partial charge in [0.05, 0.1) is 11.6 Å². The summed E-state index contributed by atoms with van der Waals surface area (Å²) in [6, 6.07) is 5.26. The van der Waals surface area contributed by atoms with Gasteiger partial charge in [0.2, 0.25) is 5.91 Å². The molecule has 2 saturated heterocycles. The van der Waals surface area contributed by atoms with E-state index in [2.05, 4.69) is 10.6 Å². The number of hydrogen-bond donors (Lipinski definition) is 2. The molecule has 2 aliphatic rings. The van der Waals surface area contributed by atoms with Gasteiger partial charge in [-0.25, -0.2) is 0 Å². The van der Waals surface area contributed by atoms with E-state index in [-0.39, 0.29) is 11.9 Å². The van der Waals surface area contributed by atoms with Crippen LogP contribution in [0, 0.1) is 0 Å². The van der Waals surface area contributed by atoms with E-state index >= 15 is 0 Å². The second-order valence-electron chi connectivity index (χ2n) is 6.84. The first-order valence-corrected chi connectivity index (χ1v) is 8.67. The first kappa shape index (κ1) is 18.2. The lowest BCUT2D eigenvalue weighted by Gasteiger charge is -2.38. The predicted octanol–water partition coefficient (Wildman–Crippen LogP) is 2.62. The second-order valence-corrected chi connectivity index (χ2v) is 6.84. The molecule has 2 fully saturated rings. The third-order valence-electron chi connectivity index (χ3n) is 5.23. The van der Waals surface area contributed by atoms with Crippen LogP contribution in [0.2, 0.25) is 0 Å². The summed E-state index contributed by atoms with van der Waals surface area (Å²) in [6.07, 6.45) is -1.44. The lowest BCUT2D eigenvalue weighted by Crippen LogP contribution is -2.48. The molecule has 1 atom stereocenters. The number of ether oxygens (including phenoxy) is 1. The Kier molecular flexibility index (Phi) is 5.34. The number of carbonyl (C=O) groups is 1. The van der Waals surface area contributed by atoms with Gasteiger partial charge < -0.3 is 15.4 Å². The molecule has 138 valence electrons. The van der Waals surface area contributed by atoms with Gasteiger partial charge in [0, 0.05) is 25.2 Å². The molecule has 4 nitrogen and oxygen atoms in total. The van der Waals surface area contributed by atoms with Gasteiger partial charge >= 0.3 is 6.18 Å². The van der Waals surface area contributed by atoms with Crippen LogP contribution in [-0.2, 0) is 21.1 Å². The van der Waals surface area contributed by atoms with E-state index in [9.17, 15) is 18.0 Å². The second kappa shape index (κ2) is 7.33. The van der Waals surface area contributed by atoms with E-state index in [4.69, 9.17) is 4.74 Å². The molecule has 25 heavy (non-hydrogen) atoms. The maximum absolute atomic E-state index is 13.1. The first-order chi connectivity index (χ1) is 11.9. The number of hydrogen-bond acceptors (Lipinski definition) is 3. The van der Waals surface area contributed by atoms with Crippen LogP contribution in [0.3, 0.4) is 0 Å². The smallest absolute Gasteiger partial charge is 0.381 e. The van der Waals surface area contributed by atoms with Gasteiger partial charge in [-0.15, -0.1) is 0 Å². The quantitative estimate of drug-likeness (QED) is 0.872. The van der Waals surface area contributed by atoms with Crippen LogP contribution in [0.25, 0.3) is 0 Å². The lowest BCUT2D eigenvalue weighted by atomic mass is 9.73. The average molecular weight is 356 g/mol. The SMILES string of the molecule is O=C(NCC1(c2cccc(C(F)(F)F)c2)CCOCC1)C1CCCN1. The molecule has 0 bridgehead atoms. The van der Waals surface area contributed by atoms with Crippen molar-refractivity contribution in [1.29, 1.82) is 0 Å². The normalized spacial score (nSPS) is 23.4. The highest BCUT2D eigenvalue weighted by molar-refractivity contribution is 5.82. The van der Waals surface area contributed by atoms with Crippen LogP contribution in [0.4, 0.5) is 13.2 Å². The molecular weight excluding hydrogens is 333 g/mol. The van der Waals surface area contributed by atoms with Crippen molar-refractivity contribution in [2.75, 3.05) is 26.3 Å². The van der Waals surface area contributed by atoms with Crippen LogP contribution in [0.5, 0.6) is 0 Å². The lowest BCUT2D eigenvalue weighted by molar-refractivity contribution is -0.137. The minimum atomic E-state index is -4.38. The summed E-state index contributed by atoms with van der Waals surface area (Å²) in [7, 11) is 0. The monoisotopic (exact) mass is 356 g/mol. The summed E-state index contributed by atoms with van der Waals surface area (Å²) in [5, 5.41) is 6.09. The molecule has 0 aliphatic carbocycles. The third kappa shape index (κ3) is 4.15. The van der Waals surface area contributed by atoms with Crippen LogP contribution in [-0.4, -0.2) is 38.3 Å². The van der Waals surface area contributed by atoms with Crippen molar-refractivity contribution in [2.45, 2.75) is 43.3 Å². The molecule has 2 heterocycles. The number of amides is 1. The summed E-state index contributed by atoms with van der Waals surface area (Å²) in [6.45, 7) is 2.11. The maximum Gasteiger partial charge on any atom is 0.416 e. The van der Waals surface area contributed by atoms with Crippen LogP contribution >= 0.6 is 0 Å². The zero-order valence-electron chi connectivity index (χ0n) is 14.0. The largest absolute Gasteiger partial charge is 0.416 e. The Morgan fingerprint density at radius 3 is 2.72 bits per heavy atom. The van der Waals surface area contributed by atoms with E-state index in [1.54, 1.807) is 6.07 Å². The van der Waals surface area contributed by atoms with E-state index < -0.39 is 17.2 Å². The number of nitrogens with one attached hydrogen (secondary N) is 2. The molecule has 0 radical (unpaired) electrons. The minimum absolute atomic E-state index is 0.0738. The van der Waals surface area contributed by atoms with Crippen molar-refractivity contribution in [3.8, 4) is 0 Å². The van der Waals surface area contributed by atoms with Crippen LogP contribution in [0.15, 0.2) is 24.3 Å². The number of rotatable bonds is 4. The molecule has 1 aromatic carbocycles. The highest BCUT2D eigenvalue weighted by Gasteiger charge is 2.38. The minimum Gasteiger partial charge on any atom is -0.381 e. The molecule has 2 aliphatic heterocycles. The van der Waals surface area contributed by atoms with Gasteiger partial charge in [-0.05, 0) is 43.9 Å². The van der Waals surface area contributed by atoms with E-state index in [0.717, 1.165) is 25.5 Å². The molecular formula is C18H23F3N2O2. The van der Waals surface area contributed by atoms with Gasteiger partial charge in [0.1, 0.15) is 0 Å². The Labute approximate surface area is 145 Å². The molecule has 2 N–H and O–H groups in total. The highest BCUT2D eigenvalue weighted by Crippen LogP contribution is 2.37. The molecule has 1 unspecified atom stereocenters. The molecule has 0 spiro atoms. The van der Waals surface area contributed by atoms with E-state index in [1.165, 1.54) is 12.1 Å². The van der Waals surface area contributed by atoms with E-state index in [1.807, 2.05) is 0 Å². The fourth-order valence-electron chi connectivity index (χ4n) is 3.64. The summed E-state index contributed by atoms with van der Waals surface area (Å²) < 4.78 is 44.6. The first-order valence-electron chi connectivity index (χ1n) is 8.67. The summed E-state index contributed by atoms with van der Waals surface area (Å²) in [5.41, 5.74) is -0.557. The molecule has 0 aromatic heterocycles. The van der Waals surface area contributed by atoms with Crippen molar-refractivity contribution in [1.82, 2.24) is 10.6 Å². The van der Waals surface area contributed by atoms with Gasteiger partial charge in [0.25, 0.3) is 0 Å². The van der Waals surface area contributed by atoms with Crippen LogP contribution < -0.4 is 10.6 Å². The third-order valence-corrected chi connectivity index (χ3v) is 5.23. The van der Waals surface area contributed by atoms with Crippen molar-refractivity contribution in [3.63, 3.8) is 0 Å². The van der Waals surface area contributed by atoms with Crippen molar-refractivity contribution >= 4 is 5.91 Å². The van der Waals surface area contributed by atoms with Gasteiger partial charge in [-0.3, -0.25) is 4.79 Å². The Balaban J connectivity index is 1.80. The van der Waals surface area contributed by atoms with Crippen molar-refractivity contribution in [2.24, 2.45) is 0 Å².